The van der Waals surface area contributed by atoms with E-state index in [0.29, 0.717) is 6.54 Å². The van der Waals surface area contributed by atoms with Crippen LogP contribution in [0.4, 0.5) is 0 Å². The summed E-state index contributed by atoms with van der Waals surface area (Å²) >= 11 is 0. The average Bonchev–Trinajstić information content (AvgIpc) is 3.06. The SMILES string of the molecule is O=C(Cn1ccnn1)NCc1ccc2c(c1)CNC2. The van der Waals surface area contributed by atoms with E-state index in [1.807, 2.05) is 0 Å². The Balaban J connectivity index is 1.56. The van der Waals surface area contributed by atoms with Crippen LogP contribution in [-0.2, 0) is 31.0 Å². The lowest BCUT2D eigenvalue weighted by Gasteiger charge is -2.07. The maximum Gasteiger partial charge on any atom is 0.242 e. The minimum absolute atomic E-state index is 0.0656. The van der Waals surface area contributed by atoms with Crippen LogP contribution in [0.5, 0.6) is 0 Å². The number of rotatable bonds is 4. The highest BCUT2D eigenvalue weighted by atomic mass is 16.2. The van der Waals surface area contributed by atoms with Crippen LogP contribution in [0.25, 0.3) is 0 Å². The van der Waals surface area contributed by atoms with Gasteiger partial charge in [0.15, 0.2) is 0 Å². The van der Waals surface area contributed by atoms with Crippen molar-refractivity contribution in [1.82, 2.24) is 25.6 Å². The van der Waals surface area contributed by atoms with Gasteiger partial charge >= 0.3 is 0 Å². The van der Waals surface area contributed by atoms with Crippen LogP contribution >= 0.6 is 0 Å². The smallest absolute Gasteiger partial charge is 0.242 e. The molecule has 2 heterocycles. The summed E-state index contributed by atoms with van der Waals surface area (Å²) in [6, 6.07) is 6.32. The third-order valence-electron chi connectivity index (χ3n) is 3.17. The number of hydrogen-bond donors (Lipinski definition) is 2. The third kappa shape index (κ3) is 2.79. The maximum atomic E-state index is 11.7. The molecule has 0 saturated heterocycles. The molecule has 0 radical (unpaired) electrons. The van der Waals surface area contributed by atoms with Gasteiger partial charge in [0, 0.05) is 25.8 Å². The first-order valence-corrected chi connectivity index (χ1v) is 6.23. The number of nitrogens with zero attached hydrogens (tertiary/aromatic N) is 3. The topological polar surface area (TPSA) is 71.8 Å². The van der Waals surface area contributed by atoms with Crippen molar-refractivity contribution in [3.63, 3.8) is 0 Å². The normalized spacial score (nSPS) is 13.3. The van der Waals surface area contributed by atoms with Crippen molar-refractivity contribution >= 4 is 5.91 Å². The molecular weight excluding hydrogens is 242 g/mol. The highest BCUT2D eigenvalue weighted by Crippen LogP contribution is 2.16. The summed E-state index contributed by atoms with van der Waals surface area (Å²) in [5.74, 6) is -0.0656. The third-order valence-corrected chi connectivity index (χ3v) is 3.17. The molecule has 19 heavy (non-hydrogen) atoms. The second-order valence-corrected chi connectivity index (χ2v) is 4.58. The molecule has 1 amide bonds. The Kier molecular flexibility index (Phi) is 3.24. The van der Waals surface area contributed by atoms with E-state index in [4.69, 9.17) is 0 Å². The Morgan fingerprint density at radius 3 is 3.11 bits per heavy atom. The standard InChI is InChI=1S/C13H15N5O/c19-13(9-18-4-3-16-17-18)15-6-10-1-2-11-7-14-8-12(11)5-10/h1-5,14H,6-9H2,(H,15,19). The maximum absolute atomic E-state index is 11.7. The molecule has 0 saturated carbocycles. The van der Waals surface area contributed by atoms with Crippen molar-refractivity contribution in [2.24, 2.45) is 0 Å². The number of amides is 1. The predicted octanol–water partition coefficient (Wildman–Crippen LogP) is 0.198. The van der Waals surface area contributed by atoms with Crippen LogP contribution in [0.15, 0.2) is 30.6 Å². The van der Waals surface area contributed by atoms with Gasteiger partial charge in [0.1, 0.15) is 6.54 Å². The fraction of sp³-hybridized carbons (Fsp3) is 0.308. The molecule has 6 heteroatoms. The fourth-order valence-electron chi connectivity index (χ4n) is 2.18. The number of aromatic nitrogens is 3. The first-order valence-electron chi connectivity index (χ1n) is 6.23. The summed E-state index contributed by atoms with van der Waals surface area (Å²) in [6.07, 6.45) is 3.22. The molecule has 2 N–H and O–H groups in total. The molecule has 3 rings (SSSR count). The van der Waals surface area contributed by atoms with Gasteiger partial charge in [-0.2, -0.15) is 0 Å². The van der Waals surface area contributed by atoms with Gasteiger partial charge in [0.2, 0.25) is 5.91 Å². The minimum Gasteiger partial charge on any atom is -0.350 e. The van der Waals surface area contributed by atoms with E-state index in [1.54, 1.807) is 12.4 Å². The van der Waals surface area contributed by atoms with Gasteiger partial charge in [-0.15, -0.1) is 5.10 Å². The molecule has 0 atom stereocenters. The Bertz CT molecular complexity index is 579. The lowest BCUT2D eigenvalue weighted by atomic mass is 10.1. The summed E-state index contributed by atoms with van der Waals surface area (Å²) in [5, 5.41) is 13.6. The van der Waals surface area contributed by atoms with E-state index in [9.17, 15) is 4.79 Å². The van der Waals surface area contributed by atoms with Gasteiger partial charge < -0.3 is 10.6 Å². The van der Waals surface area contributed by atoms with Crippen molar-refractivity contribution in [2.75, 3.05) is 0 Å². The zero-order valence-corrected chi connectivity index (χ0v) is 10.5. The van der Waals surface area contributed by atoms with Crippen molar-refractivity contribution < 1.29 is 4.79 Å². The van der Waals surface area contributed by atoms with Gasteiger partial charge in [0.05, 0.1) is 6.20 Å². The van der Waals surface area contributed by atoms with Gasteiger partial charge in [-0.25, -0.2) is 4.68 Å². The van der Waals surface area contributed by atoms with Crippen molar-refractivity contribution in [2.45, 2.75) is 26.2 Å². The van der Waals surface area contributed by atoms with Gasteiger partial charge in [-0.3, -0.25) is 4.79 Å². The number of fused-ring (bicyclic) bond motifs is 1. The number of hydrogen-bond acceptors (Lipinski definition) is 4. The number of benzene rings is 1. The second kappa shape index (κ2) is 5.19. The Hall–Kier alpha value is -2.21. The van der Waals surface area contributed by atoms with E-state index in [0.717, 1.165) is 18.7 Å². The minimum atomic E-state index is -0.0656. The summed E-state index contributed by atoms with van der Waals surface area (Å²) < 4.78 is 1.50. The Morgan fingerprint density at radius 2 is 2.26 bits per heavy atom. The van der Waals surface area contributed by atoms with Crippen LogP contribution in [0.1, 0.15) is 16.7 Å². The Labute approximate surface area is 110 Å². The summed E-state index contributed by atoms with van der Waals surface area (Å²) in [4.78, 5) is 11.7. The molecule has 6 nitrogen and oxygen atoms in total. The first-order chi connectivity index (χ1) is 9.31. The molecule has 1 aliphatic rings. The van der Waals surface area contributed by atoms with Crippen molar-refractivity contribution in [3.8, 4) is 0 Å². The van der Waals surface area contributed by atoms with Crippen molar-refractivity contribution in [3.05, 3.63) is 47.3 Å². The van der Waals surface area contributed by atoms with Crippen LogP contribution in [0.2, 0.25) is 0 Å². The molecule has 1 aliphatic heterocycles. The molecule has 0 unspecified atom stereocenters. The quantitative estimate of drug-likeness (QED) is 0.820. The first kappa shape index (κ1) is 11.9. The summed E-state index contributed by atoms with van der Waals surface area (Å²) in [5.41, 5.74) is 3.79. The largest absolute Gasteiger partial charge is 0.350 e. The lowest BCUT2D eigenvalue weighted by molar-refractivity contribution is -0.122. The molecule has 0 spiro atoms. The van der Waals surface area contributed by atoms with E-state index >= 15 is 0 Å². The van der Waals surface area contributed by atoms with E-state index < -0.39 is 0 Å². The predicted molar refractivity (Wildman–Crippen MR) is 68.9 cm³/mol. The molecule has 2 aromatic rings. The molecule has 1 aromatic heterocycles. The molecule has 0 aliphatic carbocycles. The Morgan fingerprint density at radius 1 is 1.37 bits per heavy atom. The number of carbonyl (C=O) groups excluding carboxylic acids is 1. The second-order valence-electron chi connectivity index (χ2n) is 4.58. The zero-order valence-electron chi connectivity index (χ0n) is 10.5. The van der Waals surface area contributed by atoms with E-state index in [1.165, 1.54) is 15.8 Å². The van der Waals surface area contributed by atoms with Crippen LogP contribution < -0.4 is 10.6 Å². The van der Waals surface area contributed by atoms with E-state index in [-0.39, 0.29) is 12.5 Å². The lowest BCUT2D eigenvalue weighted by Crippen LogP contribution is -2.27. The van der Waals surface area contributed by atoms with Crippen LogP contribution in [-0.4, -0.2) is 20.9 Å². The number of nitrogens with one attached hydrogen (secondary N) is 2. The molecular formula is C13H15N5O. The molecule has 0 fully saturated rings. The van der Waals surface area contributed by atoms with Gasteiger partial charge in [-0.05, 0) is 16.7 Å². The van der Waals surface area contributed by atoms with Crippen molar-refractivity contribution in [1.29, 1.82) is 0 Å². The monoisotopic (exact) mass is 257 g/mol. The fourth-order valence-corrected chi connectivity index (χ4v) is 2.18. The highest BCUT2D eigenvalue weighted by molar-refractivity contribution is 5.75. The zero-order chi connectivity index (χ0) is 13.1. The van der Waals surface area contributed by atoms with E-state index in [2.05, 4.69) is 39.1 Å². The average molecular weight is 257 g/mol. The molecule has 0 bridgehead atoms. The van der Waals surface area contributed by atoms with Gasteiger partial charge in [-0.1, -0.05) is 23.4 Å². The van der Waals surface area contributed by atoms with Crippen LogP contribution in [0, 0.1) is 0 Å². The van der Waals surface area contributed by atoms with Gasteiger partial charge in [0.25, 0.3) is 0 Å². The summed E-state index contributed by atoms with van der Waals surface area (Å²) in [6.45, 7) is 2.59. The highest BCUT2D eigenvalue weighted by Gasteiger charge is 2.10. The molecule has 1 aromatic carbocycles. The molecule has 98 valence electrons. The summed E-state index contributed by atoms with van der Waals surface area (Å²) in [7, 11) is 0. The van der Waals surface area contributed by atoms with Crippen LogP contribution in [0.3, 0.4) is 0 Å². The number of carbonyl (C=O) groups is 1.